The van der Waals surface area contributed by atoms with Crippen molar-refractivity contribution in [2.45, 2.75) is 53.2 Å². The van der Waals surface area contributed by atoms with Crippen molar-refractivity contribution < 1.29 is 18.7 Å². The van der Waals surface area contributed by atoms with E-state index in [-0.39, 0.29) is 5.69 Å². The van der Waals surface area contributed by atoms with E-state index in [9.17, 15) is 9.59 Å². The third-order valence-corrected chi connectivity index (χ3v) is 6.99. The average molecular weight is 589 g/mol. The summed E-state index contributed by atoms with van der Waals surface area (Å²) in [6.07, 6.45) is 0.699. The summed E-state index contributed by atoms with van der Waals surface area (Å²) < 4.78 is 14.4. The Kier molecular flexibility index (Phi) is 6.80. The molecule has 5 aromatic rings. The number of aryl methyl sites for hydroxylation is 2. The van der Waals surface area contributed by atoms with E-state index in [1.54, 1.807) is 18.2 Å². The molecule has 8 nitrogen and oxygen atoms in total. The molecule has 0 aliphatic heterocycles. The lowest BCUT2D eigenvalue weighted by Gasteiger charge is -2.20. The number of hydrogen-bond donors (Lipinski definition) is 1. The number of pyridine rings is 1. The molecule has 0 aliphatic rings. The van der Waals surface area contributed by atoms with Gasteiger partial charge in [-0.05, 0) is 73.0 Å². The maximum absolute atomic E-state index is 13.0. The fourth-order valence-electron chi connectivity index (χ4n) is 4.67. The van der Waals surface area contributed by atoms with Crippen LogP contribution < -0.4 is 5.73 Å². The second kappa shape index (κ2) is 9.96. The van der Waals surface area contributed by atoms with Crippen molar-refractivity contribution in [3.8, 4) is 11.3 Å². The minimum absolute atomic E-state index is 0.213. The van der Waals surface area contributed by atoms with E-state index in [1.807, 2.05) is 69.5 Å². The number of fused-ring (bicyclic) bond motifs is 2. The van der Waals surface area contributed by atoms with Crippen LogP contribution in [0.25, 0.3) is 33.3 Å². The number of halogens is 1. The predicted octanol–water partition coefficient (Wildman–Crippen LogP) is 6.58. The number of amides is 1. The minimum Gasteiger partial charge on any atom is -0.456 e. The van der Waals surface area contributed by atoms with Gasteiger partial charge in [0.2, 0.25) is 0 Å². The molecule has 0 fully saturated rings. The first-order chi connectivity index (χ1) is 18.5. The van der Waals surface area contributed by atoms with Gasteiger partial charge in [0.25, 0.3) is 5.91 Å². The zero-order valence-corrected chi connectivity index (χ0v) is 24.0. The Morgan fingerprint density at radius 3 is 2.51 bits per heavy atom. The Morgan fingerprint density at radius 1 is 1.08 bits per heavy atom. The van der Waals surface area contributed by atoms with Crippen LogP contribution in [0.1, 0.15) is 65.5 Å². The molecule has 0 aliphatic carbocycles. The number of primary amides is 1. The monoisotopic (exact) mass is 588 g/mol. The van der Waals surface area contributed by atoms with Gasteiger partial charge in [-0.1, -0.05) is 37.3 Å². The number of nitrogens with zero attached hydrogens (tertiary/aromatic N) is 3. The zero-order valence-electron chi connectivity index (χ0n) is 22.5. The largest absolute Gasteiger partial charge is 0.456 e. The second-order valence-corrected chi connectivity index (χ2v) is 11.2. The Balaban J connectivity index is 1.58. The highest BCUT2D eigenvalue weighted by molar-refractivity contribution is 9.10. The Labute approximate surface area is 234 Å². The fraction of sp³-hybridized carbons (Fsp3) is 0.267. The van der Waals surface area contributed by atoms with Crippen LogP contribution in [0.2, 0.25) is 0 Å². The highest BCUT2D eigenvalue weighted by Gasteiger charge is 2.24. The van der Waals surface area contributed by atoms with E-state index in [0.717, 1.165) is 33.2 Å². The van der Waals surface area contributed by atoms with Gasteiger partial charge in [-0.3, -0.25) is 4.79 Å². The van der Waals surface area contributed by atoms with Crippen LogP contribution in [0.4, 0.5) is 0 Å². The Hall–Kier alpha value is -3.98. The van der Waals surface area contributed by atoms with E-state index in [1.165, 1.54) is 0 Å². The highest BCUT2D eigenvalue weighted by atomic mass is 79.9. The summed E-state index contributed by atoms with van der Waals surface area (Å²) in [6, 6.07) is 15.0. The van der Waals surface area contributed by atoms with Crippen LogP contribution >= 0.6 is 15.9 Å². The maximum atomic E-state index is 13.0. The summed E-state index contributed by atoms with van der Waals surface area (Å²) in [5.74, 6) is 0.456. The first-order valence-electron chi connectivity index (χ1n) is 12.7. The summed E-state index contributed by atoms with van der Waals surface area (Å²) in [4.78, 5) is 34.1. The smallest absolute Gasteiger partial charge is 0.339 e. The lowest BCUT2D eigenvalue weighted by Crippen LogP contribution is -2.24. The van der Waals surface area contributed by atoms with Gasteiger partial charge >= 0.3 is 5.97 Å². The van der Waals surface area contributed by atoms with Crippen molar-refractivity contribution in [2.24, 2.45) is 5.73 Å². The van der Waals surface area contributed by atoms with Gasteiger partial charge < -0.3 is 19.5 Å². The van der Waals surface area contributed by atoms with E-state index in [0.29, 0.717) is 40.2 Å². The van der Waals surface area contributed by atoms with Gasteiger partial charge in [0.1, 0.15) is 28.4 Å². The van der Waals surface area contributed by atoms with Crippen molar-refractivity contribution in [3.63, 3.8) is 0 Å². The number of aromatic nitrogens is 3. The molecule has 0 radical (unpaired) electrons. The number of nitrogens with two attached hydrogens (primary N) is 1. The molecule has 2 aromatic carbocycles. The minimum atomic E-state index is -0.620. The summed E-state index contributed by atoms with van der Waals surface area (Å²) in [5.41, 5.74) is 9.43. The van der Waals surface area contributed by atoms with E-state index < -0.39 is 17.5 Å². The number of carbonyl (C=O) groups is 2. The molecule has 200 valence electrons. The average Bonchev–Trinajstić information content (AvgIpc) is 3.40. The number of esters is 1. The molecule has 9 heteroatoms. The van der Waals surface area contributed by atoms with Gasteiger partial charge in [0, 0.05) is 22.8 Å². The van der Waals surface area contributed by atoms with Crippen LogP contribution in [0, 0.1) is 6.92 Å². The first-order valence-corrected chi connectivity index (χ1v) is 13.5. The van der Waals surface area contributed by atoms with Gasteiger partial charge in [0.15, 0.2) is 10.3 Å². The molecule has 0 bridgehead atoms. The number of furan rings is 1. The number of ether oxygens (including phenoxy) is 1. The Morgan fingerprint density at radius 2 is 1.82 bits per heavy atom. The molecule has 0 saturated carbocycles. The lowest BCUT2D eigenvalue weighted by molar-refractivity contribution is 0.00701. The highest BCUT2D eigenvalue weighted by Crippen LogP contribution is 2.39. The quantitative estimate of drug-likeness (QED) is 0.224. The van der Waals surface area contributed by atoms with Gasteiger partial charge in [-0.15, -0.1) is 0 Å². The first kappa shape index (κ1) is 26.6. The lowest BCUT2D eigenvalue weighted by atomic mass is 10.0. The van der Waals surface area contributed by atoms with Gasteiger partial charge in [-0.25, -0.2) is 14.8 Å². The third kappa shape index (κ3) is 5.06. The predicted molar refractivity (Wildman–Crippen MR) is 154 cm³/mol. The van der Waals surface area contributed by atoms with Crippen molar-refractivity contribution >= 4 is 49.7 Å². The van der Waals surface area contributed by atoms with Crippen LogP contribution in [-0.4, -0.2) is 32.0 Å². The molecular weight excluding hydrogens is 560 g/mol. The fourth-order valence-corrected chi connectivity index (χ4v) is 5.16. The molecule has 0 saturated heterocycles. The number of benzene rings is 2. The number of rotatable bonds is 6. The number of imidazole rings is 1. The third-order valence-electron chi connectivity index (χ3n) is 6.40. The van der Waals surface area contributed by atoms with Crippen molar-refractivity contribution in [1.29, 1.82) is 0 Å². The van der Waals surface area contributed by atoms with Crippen LogP contribution in [0.5, 0.6) is 0 Å². The SMILES string of the molecule is CCc1nc2c(C)cc(C(N)=O)nc2n1Cc1ccc2c(-c3ccccc3C(=O)OC(C)(C)C)oc(Br)c2c1. The Bertz CT molecular complexity index is 1760. The molecule has 0 unspecified atom stereocenters. The molecular formula is C30H29BrN4O4. The zero-order chi connectivity index (χ0) is 28.1. The topological polar surface area (TPSA) is 113 Å². The van der Waals surface area contributed by atoms with Gasteiger partial charge in [0.05, 0.1) is 12.1 Å². The molecule has 39 heavy (non-hydrogen) atoms. The maximum Gasteiger partial charge on any atom is 0.339 e. The standard InChI is InChI=1S/C30H29BrN4O4/c1-6-23-34-24-16(2)13-22(27(32)36)33-28(24)35(23)15-17-11-12-19-21(14-17)26(31)38-25(19)18-9-7-8-10-20(18)29(37)39-30(3,4)5/h7-14H,6,15H2,1-5H3,(H2,32,36). The molecule has 5 rings (SSSR count). The van der Waals surface area contributed by atoms with E-state index in [2.05, 4.69) is 20.9 Å². The van der Waals surface area contributed by atoms with Crippen LogP contribution in [0.15, 0.2) is 57.6 Å². The molecule has 2 N–H and O–H groups in total. The molecule has 3 aromatic heterocycles. The molecule has 0 atom stereocenters. The van der Waals surface area contributed by atoms with Gasteiger partial charge in [-0.2, -0.15) is 0 Å². The van der Waals surface area contributed by atoms with E-state index in [4.69, 9.17) is 19.9 Å². The van der Waals surface area contributed by atoms with Crippen molar-refractivity contribution in [2.75, 3.05) is 0 Å². The molecule has 1 amide bonds. The number of carbonyl (C=O) groups excluding carboxylic acids is 2. The summed E-state index contributed by atoms with van der Waals surface area (Å²) in [5, 5.41) is 1.73. The number of hydrogen-bond acceptors (Lipinski definition) is 6. The molecule has 0 spiro atoms. The van der Waals surface area contributed by atoms with Crippen molar-refractivity contribution in [1.82, 2.24) is 14.5 Å². The normalized spacial score (nSPS) is 11.8. The molecule has 3 heterocycles. The summed E-state index contributed by atoms with van der Waals surface area (Å²) in [6.45, 7) is 9.95. The van der Waals surface area contributed by atoms with E-state index >= 15 is 0 Å². The van der Waals surface area contributed by atoms with Crippen LogP contribution in [0.3, 0.4) is 0 Å². The summed E-state index contributed by atoms with van der Waals surface area (Å²) in [7, 11) is 0. The second-order valence-electron chi connectivity index (χ2n) is 10.5. The van der Waals surface area contributed by atoms with Crippen LogP contribution in [-0.2, 0) is 17.7 Å². The van der Waals surface area contributed by atoms with Crippen molar-refractivity contribution in [3.05, 3.63) is 81.4 Å². The summed E-state index contributed by atoms with van der Waals surface area (Å²) >= 11 is 3.57.